The number of likely N-dealkylation sites (N-methyl/N-ethyl adjacent to an activating group) is 1. The largest absolute Gasteiger partial charge is 0.460 e. The van der Waals surface area contributed by atoms with E-state index in [0.717, 1.165) is 44.1 Å². The summed E-state index contributed by atoms with van der Waals surface area (Å²) < 4.78 is 7.28. The van der Waals surface area contributed by atoms with Gasteiger partial charge in [-0.1, -0.05) is 13.8 Å². The van der Waals surface area contributed by atoms with E-state index in [9.17, 15) is 4.79 Å². The predicted molar refractivity (Wildman–Crippen MR) is 114 cm³/mol. The first-order valence-corrected chi connectivity index (χ1v) is 10.5. The highest BCUT2D eigenvalue weighted by Crippen LogP contribution is 2.22. The smallest absolute Gasteiger partial charge is 0.257 e. The van der Waals surface area contributed by atoms with Gasteiger partial charge in [0.15, 0.2) is 5.76 Å². The van der Waals surface area contributed by atoms with Gasteiger partial charge < -0.3 is 9.32 Å². The number of carbonyl (C=O) groups excluding carboxylic acids is 1. The normalized spacial score (nSPS) is 16.6. The Hall–Kier alpha value is -3.00. The van der Waals surface area contributed by atoms with Crippen LogP contribution in [0, 0.1) is 13.8 Å². The summed E-state index contributed by atoms with van der Waals surface area (Å²) in [5.41, 5.74) is 2.01. The van der Waals surface area contributed by atoms with Crippen LogP contribution in [0.4, 0.5) is 0 Å². The van der Waals surface area contributed by atoms with Gasteiger partial charge in [-0.05, 0) is 51.6 Å². The van der Waals surface area contributed by atoms with Crippen molar-refractivity contribution in [3.8, 4) is 17.4 Å². The molecule has 3 aromatic heterocycles. The van der Waals surface area contributed by atoms with Gasteiger partial charge in [-0.2, -0.15) is 5.10 Å². The maximum absolute atomic E-state index is 13.1. The van der Waals surface area contributed by atoms with Crippen molar-refractivity contribution < 1.29 is 9.21 Å². The Kier molecular flexibility index (Phi) is 5.67. The number of nitrogens with zero attached hydrogens (tertiary/aromatic N) is 6. The third-order valence-corrected chi connectivity index (χ3v) is 5.84. The van der Waals surface area contributed by atoms with Gasteiger partial charge in [-0.25, -0.2) is 14.6 Å². The van der Waals surface area contributed by atoms with E-state index in [2.05, 4.69) is 33.8 Å². The Balaban J connectivity index is 1.55. The Morgan fingerprint density at radius 3 is 2.73 bits per heavy atom. The molecule has 3 aromatic rings. The van der Waals surface area contributed by atoms with Crippen molar-refractivity contribution >= 4 is 5.91 Å². The molecule has 0 radical (unpaired) electrons. The van der Waals surface area contributed by atoms with Crippen LogP contribution in [0.5, 0.6) is 0 Å². The van der Waals surface area contributed by atoms with E-state index in [4.69, 9.17) is 4.42 Å². The van der Waals surface area contributed by atoms with E-state index < -0.39 is 0 Å². The number of rotatable bonds is 6. The fourth-order valence-electron chi connectivity index (χ4n) is 4.12. The Labute approximate surface area is 176 Å². The average Bonchev–Trinajstić information content (AvgIpc) is 3.49. The molecule has 0 aromatic carbocycles. The standard InChI is InChI=1S/C22H28N6O2/c1-5-26(6-2)17-10-12-27(14-17)21(29)18-13-24-28(16(18)4)22-23-11-9-19(25-22)20-8-7-15(3)30-20/h7-9,11,13,17H,5-6,10,12,14H2,1-4H3. The van der Waals surface area contributed by atoms with Crippen molar-refractivity contribution in [1.82, 2.24) is 29.5 Å². The molecule has 0 bridgehead atoms. The zero-order valence-electron chi connectivity index (χ0n) is 18.0. The Morgan fingerprint density at radius 2 is 2.03 bits per heavy atom. The van der Waals surface area contributed by atoms with Crippen molar-refractivity contribution in [3.05, 3.63) is 47.6 Å². The minimum Gasteiger partial charge on any atom is -0.460 e. The summed E-state index contributed by atoms with van der Waals surface area (Å²) in [5.74, 6) is 1.94. The molecule has 1 aliphatic rings. The van der Waals surface area contributed by atoms with Gasteiger partial charge in [-0.15, -0.1) is 0 Å². The van der Waals surface area contributed by atoms with E-state index in [0.29, 0.717) is 29.0 Å². The highest BCUT2D eigenvalue weighted by atomic mass is 16.3. The number of likely N-dealkylation sites (tertiary alicyclic amines) is 1. The third kappa shape index (κ3) is 3.75. The summed E-state index contributed by atoms with van der Waals surface area (Å²) in [7, 11) is 0. The summed E-state index contributed by atoms with van der Waals surface area (Å²) in [6.45, 7) is 11.6. The second-order valence-corrected chi connectivity index (χ2v) is 7.62. The Bertz CT molecular complexity index is 1040. The van der Waals surface area contributed by atoms with Gasteiger partial charge in [0.1, 0.15) is 11.5 Å². The number of hydrogen-bond donors (Lipinski definition) is 0. The molecule has 0 N–H and O–H groups in total. The molecule has 1 amide bonds. The molecule has 0 spiro atoms. The molecular formula is C22H28N6O2. The highest BCUT2D eigenvalue weighted by molar-refractivity contribution is 5.95. The average molecular weight is 409 g/mol. The van der Waals surface area contributed by atoms with E-state index in [1.54, 1.807) is 23.1 Å². The third-order valence-electron chi connectivity index (χ3n) is 5.84. The van der Waals surface area contributed by atoms with E-state index in [-0.39, 0.29) is 5.91 Å². The zero-order chi connectivity index (χ0) is 21.3. The fourth-order valence-corrected chi connectivity index (χ4v) is 4.12. The molecule has 0 aliphatic carbocycles. The lowest BCUT2D eigenvalue weighted by atomic mass is 10.2. The van der Waals surface area contributed by atoms with Crippen molar-refractivity contribution in [2.24, 2.45) is 0 Å². The number of carbonyl (C=O) groups is 1. The molecule has 1 fully saturated rings. The summed E-state index contributed by atoms with van der Waals surface area (Å²) in [6, 6.07) is 6.00. The van der Waals surface area contributed by atoms with Crippen LogP contribution in [-0.4, -0.2) is 67.7 Å². The molecule has 8 heteroatoms. The maximum atomic E-state index is 13.1. The molecule has 1 saturated heterocycles. The van der Waals surface area contributed by atoms with Crippen molar-refractivity contribution in [2.75, 3.05) is 26.2 Å². The number of furan rings is 1. The molecule has 1 aliphatic heterocycles. The van der Waals surface area contributed by atoms with E-state index in [1.165, 1.54) is 0 Å². The van der Waals surface area contributed by atoms with Crippen molar-refractivity contribution in [2.45, 2.75) is 40.2 Å². The topological polar surface area (TPSA) is 80.3 Å². The molecular weight excluding hydrogens is 380 g/mol. The number of hydrogen-bond acceptors (Lipinski definition) is 6. The van der Waals surface area contributed by atoms with Crippen molar-refractivity contribution in [3.63, 3.8) is 0 Å². The first-order chi connectivity index (χ1) is 14.5. The van der Waals surface area contributed by atoms with Crippen LogP contribution in [0.15, 0.2) is 35.0 Å². The summed E-state index contributed by atoms with van der Waals surface area (Å²) in [6.07, 6.45) is 4.30. The molecule has 158 valence electrons. The highest BCUT2D eigenvalue weighted by Gasteiger charge is 2.31. The minimum atomic E-state index is 0.0196. The lowest BCUT2D eigenvalue weighted by Gasteiger charge is -2.26. The molecule has 30 heavy (non-hydrogen) atoms. The summed E-state index contributed by atoms with van der Waals surface area (Å²) >= 11 is 0. The molecule has 1 atom stereocenters. The van der Waals surface area contributed by atoms with Crippen LogP contribution in [0.3, 0.4) is 0 Å². The van der Waals surface area contributed by atoms with Crippen LogP contribution in [0.2, 0.25) is 0 Å². The van der Waals surface area contributed by atoms with Crippen LogP contribution in [0.25, 0.3) is 17.4 Å². The van der Waals surface area contributed by atoms with E-state index in [1.807, 2.05) is 30.9 Å². The second kappa shape index (κ2) is 8.39. The zero-order valence-corrected chi connectivity index (χ0v) is 18.0. The quantitative estimate of drug-likeness (QED) is 0.624. The number of aromatic nitrogens is 4. The van der Waals surface area contributed by atoms with Gasteiger partial charge in [0.2, 0.25) is 0 Å². The predicted octanol–water partition coefficient (Wildman–Crippen LogP) is 3.10. The lowest BCUT2D eigenvalue weighted by molar-refractivity contribution is 0.0777. The van der Waals surface area contributed by atoms with Crippen LogP contribution < -0.4 is 0 Å². The Morgan fingerprint density at radius 1 is 1.23 bits per heavy atom. The SMILES string of the molecule is CCN(CC)C1CCN(C(=O)c2cnn(-c3nccc(-c4ccc(C)o4)n3)c2C)C1. The van der Waals surface area contributed by atoms with Crippen LogP contribution in [0.1, 0.15) is 42.1 Å². The number of amides is 1. The number of aryl methyl sites for hydroxylation is 1. The lowest BCUT2D eigenvalue weighted by Crippen LogP contribution is -2.38. The molecule has 4 heterocycles. The summed E-state index contributed by atoms with van der Waals surface area (Å²) in [4.78, 5) is 26.4. The van der Waals surface area contributed by atoms with Gasteiger partial charge in [0, 0.05) is 25.3 Å². The van der Waals surface area contributed by atoms with Crippen molar-refractivity contribution in [1.29, 1.82) is 0 Å². The maximum Gasteiger partial charge on any atom is 0.257 e. The van der Waals surface area contributed by atoms with Gasteiger partial charge >= 0.3 is 0 Å². The summed E-state index contributed by atoms with van der Waals surface area (Å²) in [5, 5.41) is 4.41. The molecule has 0 saturated carbocycles. The molecule has 8 nitrogen and oxygen atoms in total. The molecule has 1 unspecified atom stereocenters. The molecule has 4 rings (SSSR count). The fraction of sp³-hybridized carbons (Fsp3) is 0.455. The van der Waals surface area contributed by atoms with E-state index >= 15 is 0 Å². The van der Waals surface area contributed by atoms with Gasteiger partial charge in [-0.3, -0.25) is 9.69 Å². The first-order valence-electron chi connectivity index (χ1n) is 10.5. The second-order valence-electron chi connectivity index (χ2n) is 7.62. The first kappa shape index (κ1) is 20.3. The van der Waals surface area contributed by atoms with Crippen LogP contribution in [-0.2, 0) is 0 Å². The van der Waals surface area contributed by atoms with Crippen LogP contribution >= 0.6 is 0 Å². The monoisotopic (exact) mass is 408 g/mol. The van der Waals surface area contributed by atoms with Gasteiger partial charge in [0.25, 0.3) is 11.9 Å². The van der Waals surface area contributed by atoms with Gasteiger partial charge in [0.05, 0.1) is 17.5 Å². The minimum absolute atomic E-state index is 0.0196.